The van der Waals surface area contributed by atoms with Gasteiger partial charge in [-0.05, 0) is 76.7 Å². The molecule has 1 aliphatic rings. The van der Waals surface area contributed by atoms with E-state index in [1.165, 1.54) is 75.8 Å². The summed E-state index contributed by atoms with van der Waals surface area (Å²) in [6.07, 6.45) is 0. The summed E-state index contributed by atoms with van der Waals surface area (Å²) in [5.74, 6) is 0. The Morgan fingerprint density at radius 3 is 1.49 bits per heavy atom. The van der Waals surface area contributed by atoms with Crippen LogP contribution in [0.5, 0.6) is 0 Å². The van der Waals surface area contributed by atoms with E-state index in [2.05, 4.69) is 220 Å². The number of benzene rings is 11. The standard InChI is InChI=1S/C24H14N2O2.C24H14N2.C18H15P/c27-26(28)22-14-6-13-21-23(22)17-9-2-1-7-15(17)18-10-5-11-19-16-8-3-4-12-20(16)25(21)24(18)19;1-2-12-20-14(6-1)16-8-3-9-17-15-7-4-10-18-22(15)23-19(25-18)11-5-13-21(23)26(20)24(16)17;1-4-10-16(11-5-1)19(17-12-6-2-7-13-17)18-14-8-3-9-15-18/h1-14H;1-13,25H;1-15H. The molecule has 0 bridgehead atoms. The Hall–Kier alpha value is -9.35. The normalized spacial score (nSPS) is 11.8. The van der Waals surface area contributed by atoms with Crippen LogP contribution in [-0.2, 0) is 0 Å². The maximum atomic E-state index is 11.9. The van der Waals surface area contributed by atoms with Crippen molar-refractivity contribution in [1.82, 2.24) is 14.0 Å². The van der Waals surface area contributed by atoms with E-state index in [1.807, 2.05) is 36.4 Å². The number of hydrogen-bond acceptors (Lipinski definition) is 2. The molecule has 0 radical (unpaired) electrons. The molecule has 5 heterocycles. The molecule has 0 atom stereocenters. The summed E-state index contributed by atoms with van der Waals surface area (Å²) in [5.41, 5.74) is 13.0. The van der Waals surface area contributed by atoms with Crippen molar-refractivity contribution in [2.75, 3.05) is 0 Å². The Bertz CT molecular complexity index is 4500. The highest BCUT2D eigenvalue weighted by atomic mass is 31.1. The lowest BCUT2D eigenvalue weighted by Crippen LogP contribution is -2.20. The summed E-state index contributed by atoms with van der Waals surface area (Å²) >= 11 is 0. The number of hydrogen-bond donors (Lipinski definition) is 1. The number of para-hydroxylation sites is 4. The fraction of sp³-hybridized carbons (Fsp3) is 0. The molecule has 0 amide bonds. The monoisotopic (exact) mass is 954 g/mol. The zero-order chi connectivity index (χ0) is 48.6. The van der Waals surface area contributed by atoms with E-state index in [0.717, 1.165) is 44.2 Å². The molecule has 0 saturated carbocycles. The third-order valence-electron chi connectivity index (χ3n) is 14.5. The SMILES string of the molecule is O=[N+]([O-])c1cccc2c1-c1ccccc1-c1cccc3c4ccccc4n-2c13.c1cc2[nH]c3cccc4c3c2c(c1)c1cccc2c3ccccc3n4c12.c1ccc(P(c2ccccc2)c2ccccc2)cc1. The van der Waals surface area contributed by atoms with E-state index in [4.69, 9.17) is 0 Å². The van der Waals surface area contributed by atoms with Crippen LogP contribution in [-0.4, -0.2) is 18.9 Å². The van der Waals surface area contributed by atoms with Gasteiger partial charge in [-0.3, -0.25) is 10.1 Å². The average molecular weight is 955 g/mol. The molecule has 7 heteroatoms. The predicted octanol–water partition coefficient (Wildman–Crippen LogP) is 16.3. The Morgan fingerprint density at radius 1 is 0.370 bits per heavy atom. The Morgan fingerprint density at radius 2 is 0.822 bits per heavy atom. The van der Waals surface area contributed by atoms with Crippen LogP contribution in [0.2, 0.25) is 0 Å². The summed E-state index contributed by atoms with van der Waals surface area (Å²) in [5, 5.41) is 26.3. The van der Waals surface area contributed by atoms with Gasteiger partial charge in [0.2, 0.25) is 0 Å². The summed E-state index contributed by atoms with van der Waals surface area (Å²) in [6, 6.07) is 88.8. The molecule has 6 nitrogen and oxygen atoms in total. The Kier molecular flexibility index (Phi) is 10.0. The number of nitrogens with zero attached hydrogens (tertiary/aromatic N) is 3. The lowest BCUT2D eigenvalue weighted by molar-refractivity contribution is -0.384. The number of fused-ring (bicyclic) bond motifs is 13. The van der Waals surface area contributed by atoms with Crippen molar-refractivity contribution < 1.29 is 4.92 Å². The van der Waals surface area contributed by atoms with Crippen molar-refractivity contribution in [1.29, 1.82) is 0 Å². The van der Waals surface area contributed by atoms with Crippen LogP contribution in [0, 0.1) is 10.1 Å². The first-order valence-corrected chi connectivity index (χ1v) is 25.9. The molecule has 16 rings (SSSR count). The number of aromatic amines is 1. The number of nitro groups is 1. The second-order valence-electron chi connectivity index (χ2n) is 18.5. The first-order chi connectivity index (χ1) is 36.1. The van der Waals surface area contributed by atoms with E-state index >= 15 is 0 Å². The van der Waals surface area contributed by atoms with Crippen LogP contribution < -0.4 is 15.9 Å². The van der Waals surface area contributed by atoms with E-state index in [0.29, 0.717) is 5.56 Å². The number of nitro benzene ring substituents is 1. The van der Waals surface area contributed by atoms with Crippen molar-refractivity contribution in [3.8, 4) is 27.9 Å². The zero-order valence-corrected chi connectivity index (χ0v) is 40.2. The molecule has 0 saturated heterocycles. The van der Waals surface area contributed by atoms with Gasteiger partial charge in [-0.1, -0.05) is 212 Å². The number of H-pyrrole nitrogens is 1. The highest BCUT2D eigenvalue weighted by Crippen LogP contribution is 2.49. The van der Waals surface area contributed by atoms with Crippen molar-refractivity contribution in [2.45, 2.75) is 0 Å². The number of rotatable bonds is 4. The van der Waals surface area contributed by atoms with E-state index in [-0.39, 0.29) is 10.6 Å². The molecule has 0 spiro atoms. The van der Waals surface area contributed by atoms with Gasteiger partial charge in [0.15, 0.2) is 0 Å². The van der Waals surface area contributed by atoms with Gasteiger partial charge in [-0.25, -0.2) is 0 Å². The van der Waals surface area contributed by atoms with E-state index in [1.54, 1.807) is 12.1 Å². The summed E-state index contributed by atoms with van der Waals surface area (Å²) in [4.78, 5) is 15.2. The Labute approximate surface area is 420 Å². The summed E-state index contributed by atoms with van der Waals surface area (Å²) in [6.45, 7) is 0. The maximum Gasteiger partial charge on any atom is 0.279 e. The zero-order valence-electron chi connectivity index (χ0n) is 39.4. The molecule has 1 N–H and O–H groups in total. The van der Waals surface area contributed by atoms with Gasteiger partial charge in [0.1, 0.15) is 0 Å². The van der Waals surface area contributed by atoms with Crippen molar-refractivity contribution in [2.24, 2.45) is 0 Å². The molecule has 0 unspecified atom stereocenters. The smallest absolute Gasteiger partial charge is 0.279 e. The first kappa shape index (κ1) is 42.5. The summed E-state index contributed by atoms with van der Waals surface area (Å²) < 4.78 is 4.64. The largest absolute Gasteiger partial charge is 0.354 e. The van der Waals surface area contributed by atoms with Gasteiger partial charge in [0.25, 0.3) is 5.69 Å². The van der Waals surface area contributed by atoms with Crippen molar-refractivity contribution >= 4 is 111 Å². The highest BCUT2D eigenvalue weighted by Gasteiger charge is 2.29. The van der Waals surface area contributed by atoms with E-state index in [9.17, 15) is 10.1 Å². The molecule has 4 aromatic heterocycles. The van der Waals surface area contributed by atoms with Crippen LogP contribution in [0.4, 0.5) is 5.69 Å². The van der Waals surface area contributed by atoms with E-state index < -0.39 is 7.92 Å². The van der Waals surface area contributed by atoms with Crippen LogP contribution in [0.25, 0.3) is 110 Å². The fourth-order valence-corrected chi connectivity index (χ4v) is 13.9. The summed E-state index contributed by atoms with van der Waals surface area (Å²) in [7, 11) is -0.446. The number of aromatic nitrogens is 3. The fourth-order valence-electron chi connectivity index (χ4n) is 11.6. The minimum Gasteiger partial charge on any atom is -0.354 e. The van der Waals surface area contributed by atoms with Gasteiger partial charge >= 0.3 is 0 Å². The van der Waals surface area contributed by atoms with Crippen LogP contribution in [0.1, 0.15) is 0 Å². The van der Waals surface area contributed by atoms with Crippen LogP contribution in [0.15, 0.2) is 255 Å². The first-order valence-electron chi connectivity index (χ1n) is 24.5. The minimum absolute atomic E-state index is 0.128. The second kappa shape index (κ2) is 17.2. The number of nitrogens with one attached hydrogen (secondary N) is 1. The topological polar surface area (TPSA) is 68.3 Å². The average Bonchev–Trinajstić information content (AvgIpc) is 4.09. The van der Waals surface area contributed by atoms with Gasteiger partial charge in [-0.15, -0.1) is 0 Å². The maximum absolute atomic E-state index is 11.9. The third kappa shape index (κ3) is 6.69. The molecule has 11 aromatic carbocycles. The van der Waals surface area contributed by atoms with Gasteiger partial charge in [-0.2, -0.15) is 0 Å². The van der Waals surface area contributed by atoms with Gasteiger partial charge < -0.3 is 14.0 Å². The van der Waals surface area contributed by atoms with Crippen molar-refractivity contribution in [3.05, 3.63) is 265 Å². The molecule has 1 aliphatic heterocycles. The molecule has 0 fully saturated rings. The minimum atomic E-state index is -0.446. The van der Waals surface area contributed by atoms with Crippen molar-refractivity contribution in [3.63, 3.8) is 0 Å². The lowest BCUT2D eigenvalue weighted by atomic mass is 9.93. The molecule has 344 valence electrons. The second-order valence-corrected chi connectivity index (χ2v) is 20.7. The Balaban J connectivity index is 0.000000103. The van der Waals surface area contributed by atoms with Crippen LogP contribution >= 0.6 is 7.92 Å². The predicted molar refractivity (Wildman–Crippen MR) is 307 cm³/mol. The third-order valence-corrected chi connectivity index (χ3v) is 17.0. The molecule has 0 aliphatic carbocycles. The quantitative estimate of drug-likeness (QED) is 0.108. The van der Waals surface area contributed by atoms with Gasteiger partial charge in [0, 0.05) is 60.4 Å². The highest BCUT2D eigenvalue weighted by molar-refractivity contribution is 7.79. The lowest BCUT2D eigenvalue weighted by Gasteiger charge is -2.18. The molecule has 73 heavy (non-hydrogen) atoms. The molecule has 15 aromatic rings. The van der Waals surface area contributed by atoms with Crippen LogP contribution in [0.3, 0.4) is 0 Å². The molecular formula is C66H43N4O2P. The molecular weight excluding hydrogens is 912 g/mol. The van der Waals surface area contributed by atoms with Gasteiger partial charge in [0.05, 0.1) is 43.8 Å².